The summed E-state index contributed by atoms with van der Waals surface area (Å²) in [4.78, 5) is 17.8. The summed E-state index contributed by atoms with van der Waals surface area (Å²) in [5.74, 6) is 0.252. The number of hydrogen-bond donors (Lipinski definition) is 1. The molecule has 0 spiro atoms. The van der Waals surface area contributed by atoms with Crippen LogP contribution >= 0.6 is 34.8 Å². The maximum atomic E-state index is 12.6. The first-order valence-electron chi connectivity index (χ1n) is 8.16. The van der Waals surface area contributed by atoms with E-state index in [0.717, 1.165) is 17.3 Å². The number of hydrogen-bond acceptors (Lipinski definition) is 2. The van der Waals surface area contributed by atoms with Crippen LogP contribution in [0.15, 0.2) is 36.4 Å². The molecule has 0 saturated carbocycles. The zero-order valence-corrected chi connectivity index (χ0v) is 16.0. The van der Waals surface area contributed by atoms with E-state index in [1.807, 2.05) is 12.1 Å². The minimum atomic E-state index is -0.102. The highest BCUT2D eigenvalue weighted by Crippen LogP contribution is 2.34. The molecule has 0 saturated heterocycles. The molecule has 2 heterocycles. The molecular weight excluding hydrogens is 395 g/mol. The highest BCUT2D eigenvalue weighted by molar-refractivity contribution is 6.43. The SMILES string of the molecule is O=C(COc1cc(Cl)c(Cl)cc1Cl)N1CCc2[nH]c3ccccc3c2C1. The molecule has 0 bridgehead atoms. The number of H-pyrrole nitrogens is 1. The lowest BCUT2D eigenvalue weighted by Crippen LogP contribution is -2.38. The van der Waals surface area contributed by atoms with Crippen molar-refractivity contribution in [2.45, 2.75) is 13.0 Å². The second-order valence-corrected chi connectivity index (χ2v) is 7.40. The van der Waals surface area contributed by atoms with Crippen molar-refractivity contribution in [1.29, 1.82) is 0 Å². The number of para-hydroxylation sites is 1. The number of halogens is 3. The van der Waals surface area contributed by atoms with E-state index in [2.05, 4.69) is 17.1 Å². The van der Waals surface area contributed by atoms with E-state index in [9.17, 15) is 4.79 Å². The molecule has 4 rings (SSSR count). The van der Waals surface area contributed by atoms with Crippen molar-refractivity contribution in [2.24, 2.45) is 0 Å². The Morgan fingerprint density at radius 2 is 1.88 bits per heavy atom. The smallest absolute Gasteiger partial charge is 0.260 e. The van der Waals surface area contributed by atoms with Crippen molar-refractivity contribution in [2.75, 3.05) is 13.2 Å². The van der Waals surface area contributed by atoms with Gasteiger partial charge < -0.3 is 14.6 Å². The number of ether oxygens (including phenoxy) is 1. The summed E-state index contributed by atoms with van der Waals surface area (Å²) in [6.07, 6.45) is 0.795. The minimum Gasteiger partial charge on any atom is -0.482 e. The van der Waals surface area contributed by atoms with Crippen LogP contribution in [0.3, 0.4) is 0 Å². The lowest BCUT2D eigenvalue weighted by molar-refractivity contribution is -0.134. The van der Waals surface area contributed by atoms with Gasteiger partial charge in [0.15, 0.2) is 6.61 Å². The van der Waals surface area contributed by atoms with E-state index in [-0.39, 0.29) is 12.5 Å². The number of nitrogens with one attached hydrogen (secondary N) is 1. The van der Waals surface area contributed by atoms with Gasteiger partial charge in [-0.25, -0.2) is 0 Å². The summed E-state index contributed by atoms with van der Waals surface area (Å²) in [6.45, 7) is 1.11. The minimum absolute atomic E-state index is 0.0944. The Hall–Kier alpha value is -1.88. The van der Waals surface area contributed by atoms with E-state index in [0.29, 0.717) is 33.9 Å². The van der Waals surface area contributed by atoms with Crippen LogP contribution in [0.2, 0.25) is 15.1 Å². The van der Waals surface area contributed by atoms with Crippen LogP contribution in [0.25, 0.3) is 10.9 Å². The monoisotopic (exact) mass is 408 g/mol. The third-order valence-corrected chi connectivity index (χ3v) is 5.58. The fourth-order valence-corrected chi connectivity index (χ4v) is 3.82. The molecule has 1 amide bonds. The van der Waals surface area contributed by atoms with Gasteiger partial charge >= 0.3 is 0 Å². The molecule has 1 aliphatic rings. The Labute approximate surface area is 165 Å². The first kappa shape index (κ1) is 17.5. The Bertz CT molecular complexity index is 1000. The van der Waals surface area contributed by atoms with Crippen LogP contribution < -0.4 is 4.74 Å². The Morgan fingerprint density at radius 1 is 1.12 bits per heavy atom. The van der Waals surface area contributed by atoms with Crippen molar-refractivity contribution >= 4 is 51.6 Å². The third kappa shape index (κ3) is 3.25. The summed E-state index contributed by atoms with van der Waals surface area (Å²) < 4.78 is 5.57. The van der Waals surface area contributed by atoms with Gasteiger partial charge in [0, 0.05) is 47.7 Å². The molecular formula is C19H15Cl3N2O2. The standard InChI is InChI=1S/C19H15Cl3N2O2/c20-13-7-15(22)18(8-14(13)21)26-10-19(25)24-6-5-17-12(9-24)11-3-1-2-4-16(11)23-17/h1-4,7-8,23H,5-6,9-10H2. The maximum Gasteiger partial charge on any atom is 0.260 e. The van der Waals surface area contributed by atoms with Gasteiger partial charge in [0.25, 0.3) is 5.91 Å². The largest absolute Gasteiger partial charge is 0.482 e. The molecule has 0 fully saturated rings. The van der Waals surface area contributed by atoms with Crippen molar-refractivity contribution in [3.63, 3.8) is 0 Å². The van der Waals surface area contributed by atoms with Gasteiger partial charge in [-0.1, -0.05) is 53.0 Å². The fraction of sp³-hybridized carbons (Fsp3) is 0.211. The molecule has 4 nitrogen and oxygen atoms in total. The number of nitrogens with zero attached hydrogens (tertiary/aromatic N) is 1. The summed E-state index contributed by atoms with van der Waals surface area (Å²) >= 11 is 18.0. The molecule has 0 radical (unpaired) electrons. The normalized spacial score (nSPS) is 13.7. The highest BCUT2D eigenvalue weighted by atomic mass is 35.5. The third-order valence-electron chi connectivity index (χ3n) is 4.56. The predicted octanol–water partition coefficient (Wildman–Crippen LogP) is 5.09. The number of amides is 1. The quantitative estimate of drug-likeness (QED) is 0.612. The summed E-state index contributed by atoms with van der Waals surface area (Å²) in [6, 6.07) is 11.2. The molecule has 134 valence electrons. The number of aromatic nitrogens is 1. The first-order valence-corrected chi connectivity index (χ1v) is 9.30. The number of aromatic amines is 1. The summed E-state index contributed by atoms with van der Waals surface area (Å²) in [5, 5.41) is 2.16. The van der Waals surface area contributed by atoms with Gasteiger partial charge in [-0.2, -0.15) is 0 Å². The van der Waals surface area contributed by atoms with Crippen molar-refractivity contribution in [3.05, 3.63) is 62.7 Å². The van der Waals surface area contributed by atoms with Crippen LogP contribution in [0, 0.1) is 0 Å². The van der Waals surface area contributed by atoms with Gasteiger partial charge in [0.1, 0.15) is 5.75 Å². The fourth-order valence-electron chi connectivity index (χ4n) is 3.23. The number of carbonyl (C=O) groups is 1. The number of carbonyl (C=O) groups excluding carboxylic acids is 1. The second-order valence-electron chi connectivity index (χ2n) is 6.18. The Morgan fingerprint density at radius 3 is 2.73 bits per heavy atom. The first-order chi connectivity index (χ1) is 12.5. The highest BCUT2D eigenvalue weighted by Gasteiger charge is 2.24. The van der Waals surface area contributed by atoms with E-state index < -0.39 is 0 Å². The topological polar surface area (TPSA) is 45.3 Å². The van der Waals surface area contributed by atoms with Crippen LogP contribution in [0.4, 0.5) is 0 Å². The zero-order chi connectivity index (χ0) is 18.3. The molecule has 0 unspecified atom stereocenters. The number of benzene rings is 2. The molecule has 1 aromatic heterocycles. The van der Waals surface area contributed by atoms with Crippen molar-refractivity contribution < 1.29 is 9.53 Å². The van der Waals surface area contributed by atoms with Gasteiger partial charge in [0.05, 0.1) is 15.1 Å². The summed E-state index contributed by atoms with van der Waals surface area (Å²) in [7, 11) is 0. The number of fused-ring (bicyclic) bond motifs is 3. The van der Waals surface area contributed by atoms with E-state index in [4.69, 9.17) is 39.5 Å². The molecule has 3 aromatic rings. The summed E-state index contributed by atoms with van der Waals surface area (Å²) in [5.41, 5.74) is 3.47. The van der Waals surface area contributed by atoms with E-state index in [1.165, 1.54) is 23.4 Å². The lowest BCUT2D eigenvalue weighted by atomic mass is 10.0. The number of rotatable bonds is 3. The lowest BCUT2D eigenvalue weighted by Gasteiger charge is -2.27. The van der Waals surface area contributed by atoms with E-state index >= 15 is 0 Å². The van der Waals surface area contributed by atoms with Crippen molar-refractivity contribution in [3.8, 4) is 5.75 Å². The van der Waals surface area contributed by atoms with Gasteiger partial charge in [-0.15, -0.1) is 0 Å². The Kier molecular flexibility index (Phi) is 4.74. The molecule has 1 N–H and O–H groups in total. The zero-order valence-electron chi connectivity index (χ0n) is 13.7. The van der Waals surface area contributed by atoms with Crippen LogP contribution in [0.5, 0.6) is 5.75 Å². The average Bonchev–Trinajstić information content (AvgIpc) is 3.01. The van der Waals surface area contributed by atoms with E-state index in [1.54, 1.807) is 4.90 Å². The van der Waals surface area contributed by atoms with Gasteiger partial charge in [0.2, 0.25) is 0 Å². The van der Waals surface area contributed by atoms with Crippen LogP contribution in [-0.4, -0.2) is 28.9 Å². The molecule has 7 heteroatoms. The molecule has 1 aliphatic heterocycles. The van der Waals surface area contributed by atoms with Crippen LogP contribution in [0.1, 0.15) is 11.3 Å². The van der Waals surface area contributed by atoms with Crippen LogP contribution in [-0.2, 0) is 17.8 Å². The maximum absolute atomic E-state index is 12.6. The second kappa shape index (κ2) is 7.03. The molecule has 26 heavy (non-hydrogen) atoms. The van der Waals surface area contributed by atoms with Gasteiger partial charge in [-0.3, -0.25) is 4.79 Å². The Balaban J connectivity index is 1.47. The molecule has 0 aliphatic carbocycles. The average molecular weight is 410 g/mol. The molecule has 0 atom stereocenters. The predicted molar refractivity (Wildman–Crippen MR) is 104 cm³/mol. The van der Waals surface area contributed by atoms with Crippen molar-refractivity contribution in [1.82, 2.24) is 9.88 Å². The van der Waals surface area contributed by atoms with Gasteiger partial charge in [-0.05, 0) is 12.1 Å². The molecule has 2 aromatic carbocycles.